The summed E-state index contributed by atoms with van der Waals surface area (Å²) in [7, 11) is 1.47. The van der Waals surface area contributed by atoms with Crippen LogP contribution in [-0.2, 0) is 9.53 Å². The van der Waals surface area contributed by atoms with Gasteiger partial charge in [0.2, 0.25) is 0 Å². The van der Waals surface area contributed by atoms with E-state index in [-0.39, 0.29) is 18.9 Å². The molecular weight excluding hydrogens is 368 g/mol. The standard InChI is InChI=1S/C17H17F2NO5S/c1-24-9-8-20(10-15(21)22)16(23)14-7-6-13(26-14)11-2-4-12(5-3-11)25-17(18)19/h2-7,17H,8-10H2,1H3,(H,21,22). The first kappa shape index (κ1) is 19.8. The van der Waals surface area contributed by atoms with Crippen molar-refractivity contribution in [1.29, 1.82) is 0 Å². The number of ether oxygens (including phenoxy) is 2. The number of aliphatic carboxylic acids is 1. The molecule has 9 heteroatoms. The molecule has 2 rings (SSSR count). The number of halogens is 2. The van der Waals surface area contributed by atoms with Gasteiger partial charge >= 0.3 is 12.6 Å². The van der Waals surface area contributed by atoms with Gasteiger partial charge < -0.3 is 19.5 Å². The van der Waals surface area contributed by atoms with E-state index < -0.39 is 25.0 Å². The predicted molar refractivity (Wildman–Crippen MR) is 91.8 cm³/mol. The van der Waals surface area contributed by atoms with Crippen LogP contribution in [0.3, 0.4) is 0 Å². The molecule has 1 aromatic carbocycles. The summed E-state index contributed by atoms with van der Waals surface area (Å²) in [4.78, 5) is 25.8. The minimum atomic E-state index is -2.89. The Morgan fingerprint density at radius 3 is 2.46 bits per heavy atom. The van der Waals surface area contributed by atoms with E-state index in [2.05, 4.69) is 4.74 Å². The summed E-state index contributed by atoms with van der Waals surface area (Å²) in [5.41, 5.74) is 0.734. The normalized spacial score (nSPS) is 10.8. The molecule has 0 radical (unpaired) electrons. The van der Waals surface area contributed by atoms with Gasteiger partial charge in [0.05, 0.1) is 11.5 Å². The number of alkyl halides is 2. The van der Waals surface area contributed by atoms with Crippen LogP contribution in [0.15, 0.2) is 36.4 Å². The van der Waals surface area contributed by atoms with Gasteiger partial charge in [-0.05, 0) is 42.0 Å². The van der Waals surface area contributed by atoms with E-state index >= 15 is 0 Å². The molecule has 0 saturated heterocycles. The van der Waals surface area contributed by atoms with Gasteiger partial charge in [-0.25, -0.2) is 0 Å². The molecule has 0 aliphatic carbocycles. The lowest BCUT2D eigenvalue weighted by atomic mass is 10.2. The number of carboxylic acids is 1. The third kappa shape index (κ3) is 5.50. The third-order valence-electron chi connectivity index (χ3n) is 3.36. The fourth-order valence-electron chi connectivity index (χ4n) is 2.18. The molecule has 0 spiro atoms. The Labute approximate surface area is 152 Å². The smallest absolute Gasteiger partial charge is 0.387 e. The van der Waals surface area contributed by atoms with Gasteiger partial charge in [0.15, 0.2) is 0 Å². The Kier molecular flexibility index (Phi) is 7.05. The van der Waals surface area contributed by atoms with E-state index in [0.29, 0.717) is 4.88 Å². The lowest BCUT2D eigenvalue weighted by Crippen LogP contribution is -2.37. The van der Waals surface area contributed by atoms with Crippen molar-refractivity contribution in [1.82, 2.24) is 4.90 Å². The van der Waals surface area contributed by atoms with Crippen molar-refractivity contribution in [2.45, 2.75) is 6.61 Å². The highest BCUT2D eigenvalue weighted by Crippen LogP contribution is 2.30. The second kappa shape index (κ2) is 9.25. The van der Waals surface area contributed by atoms with Crippen molar-refractivity contribution >= 4 is 23.2 Å². The molecule has 1 aromatic heterocycles. The topological polar surface area (TPSA) is 76.1 Å². The van der Waals surface area contributed by atoms with Crippen LogP contribution < -0.4 is 4.74 Å². The summed E-state index contributed by atoms with van der Waals surface area (Å²) in [5.74, 6) is -1.47. The Morgan fingerprint density at radius 2 is 1.88 bits per heavy atom. The van der Waals surface area contributed by atoms with E-state index in [4.69, 9.17) is 9.84 Å². The van der Waals surface area contributed by atoms with Crippen molar-refractivity contribution < 1.29 is 33.0 Å². The summed E-state index contributed by atoms with van der Waals surface area (Å²) in [6.07, 6.45) is 0. The average molecular weight is 385 g/mol. The van der Waals surface area contributed by atoms with Gasteiger partial charge in [-0.15, -0.1) is 11.3 Å². The second-order valence-corrected chi connectivity index (χ2v) is 6.26. The molecule has 1 N–H and O–H groups in total. The van der Waals surface area contributed by atoms with Gasteiger partial charge in [0.25, 0.3) is 5.91 Å². The number of benzene rings is 1. The van der Waals surface area contributed by atoms with Crippen molar-refractivity contribution in [3.8, 4) is 16.2 Å². The number of hydrogen-bond donors (Lipinski definition) is 1. The second-order valence-electron chi connectivity index (χ2n) is 5.18. The lowest BCUT2D eigenvalue weighted by molar-refractivity contribution is -0.137. The molecular formula is C17H17F2NO5S. The van der Waals surface area contributed by atoms with Crippen LogP contribution >= 0.6 is 11.3 Å². The number of carbonyl (C=O) groups is 2. The molecule has 6 nitrogen and oxygen atoms in total. The van der Waals surface area contributed by atoms with Crippen LogP contribution in [0.5, 0.6) is 5.75 Å². The van der Waals surface area contributed by atoms with Gasteiger partial charge in [-0.2, -0.15) is 8.78 Å². The number of methoxy groups -OCH3 is 1. The average Bonchev–Trinajstić information content (AvgIpc) is 3.08. The van der Waals surface area contributed by atoms with Crippen LogP contribution in [0, 0.1) is 0 Å². The van der Waals surface area contributed by atoms with E-state index in [1.54, 1.807) is 24.3 Å². The molecule has 0 atom stereocenters. The van der Waals surface area contributed by atoms with Crippen LogP contribution in [0.2, 0.25) is 0 Å². The first-order valence-corrected chi connectivity index (χ1v) is 8.37. The first-order chi connectivity index (χ1) is 12.4. The Balaban J connectivity index is 2.14. The van der Waals surface area contributed by atoms with E-state index in [0.717, 1.165) is 10.4 Å². The quantitative estimate of drug-likeness (QED) is 0.717. The first-order valence-electron chi connectivity index (χ1n) is 7.55. The number of thiophene rings is 1. The maximum atomic E-state index is 12.5. The fraction of sp³-hybridized carbons (Fsp3) is 0.294. The largest absolute Gasteiger partial charge is 0.480 e. The summed E-state index contributed by atoms with van der Waals surface area (Å²) < 4.78 is 33.6. The van der Waals surface area contributed by atoms with Gasteiger partial charge in [-0.1, -0.05) is 0 Å². The zero-order valence-electron chi connectivity index (χ0n) is 13.9. The molecule has 26 heavy (non-hydrogen) atoms. The Hall–Kier alpha value is -2.52. The molecule has 0 saturated carbocycles. The summed E-state index contributed by atoms with van der Waals surface area (Å²) in [6.45, 7) is -2.92. The predicted octanol–water partition coefficient (Wildman–Crippen LogP) is 3.19. The highest BCUT2D eigenvalue weighted by atomic mass is 32.1. The third-order valence-corrected chi connectivity index (χ3v) is 4.48. The molecule has 140 valence electrons. The van der Waals surface area contributed by atoms with Crippen molar-refractivity contribution in [3.05, 3.63) is 41.3 Å². The highest BCUT2D eigenvalue weighted by molar-refractivity contribution is 7.17. The van der Waals surface area contributed by atoms with E-state index in [9.17, 15) is 18.4 Å². The Bertz CT molecular complexity index is 748. The molecule has 1 heterocycles. The van der Waals surface area contributed by atoms with Crippen molar-refractivity contribution in [3.63, 3.8) is 0 Å². The molecule has 0 fully saturated rings. The van der Waals surface area contributed by atoms with Crippen molar-refractivity contribution in [2.75, 3.05) is 26.8 Å². The molecule has 2 aromatic rings. The van der Waals surface area contributed by atoms with Crippen LogP contribution in [0.25, 0.3) is 10.4 Å². The number of rotatable bonds is 9. The number of amides is 1. The van der Waals surface area contributed by atoms with E-state index in [1.807, 2.05) is 0 Å². The molecule has 0 bridgehead atoms. The molecule has 0 aliphatic rings. The summed E-state index contributed by atoms with van der Waals surface area (Å²) in [5, 5.41) is 8.95. The van der Waals surface area contributed by atoms with E-state index in [1.165, 1.54) is 35.5 Å². The van der Waals surface area contributed by atoms with Gasteiger partial charge in [0, 0.05) is 18.5 Å². The zero-order chi connectivity index (χ0) is 19.1. The Morgan fingerprint density at radius 1 is 1.19 bits per heavy atom. The van der Waals surface area contributed by atoms with Crippen LogP contribution in [0.4, 0.5) is 8.78 Å². The minimum Gasteiger partial charge on any atom is -0.480 e. The zero-order valence-corrected chi connectivity index (χ0v) is 14.7. The number of carboxylic acid groups (broad SMARTS) is 1. The number of carbonyl (C=O) groups excluding carboxylic acids is 1. The van der Waals surface area contributed by atoms with Crippen LogP contribution in [0.1, 0.15) is 9.67 Å². The van der Waals surface area contributed by atoms with Crippen molar-refractivity contribution in [2.24, 2.45) is 0 Å². The monoisotopic (exact) mass is 385 g/mol. The molecule has 0 unspecified atom stereocenters. The number of nitrogens with zero attached hydrogens (tertiary/aromatic N) is 1. The number of hydrogen-bond acceptors (Lipinski definition) is 5. The van der Waals surface area contributed by atoms with Gasteiger partial charge in [-0.3, -0.25) is 9.59 Å². The maximum absolute atomic E-state index is 12.5. The fourth-order valence-corrected chi connectivity index (χ4v) is 3.16. The minimum absolute atomic E-state index is 0.0452. The van der Waals surface area contributed by atoms with Crippen LogP contribution in [-0.4, -0.2) is 55.3 Å². The summed E-state index contributed by atoms with van der Waals surface area (Å²) in [6, 6.07) is 9.37. The highest BCUT2D eigenvalue weighted by Gasteiger charge is 2.20. The lowest BCUT2D eigenvalue weighted by Gasteiger charge is -2.19. The summed E-state index contributed by atoms with van der Waals surface area (Å²) >= 11 is 1.19. The molecule has 1 amide bonds. The van der Waals surface area contributed by atoms with Gasteiger partial charge in [0.1, 0.15) is 12.3 Å². The maximum Gasteiger partial charge on any atom is 0.387 e. The SMILES string of the molecule is COCCN(CC(=O)O)C(=O)c1ccc(-c2ccc(OC(F)F)cc2)s1. The molecule has 0 aliphatic heterocycles.